The molecule has 2 N–H and O–H groups in total. The first kappa shape index (κ1) is 12.4. The third-order valence-electron chi connectivity index (χ3n) is 3.48. The molecule has 1 saturated heterocycles. The van der Waals surface area contributed by atoms with E-state index in [0.29, 0.717) is 28.8 Å². The van der Waals surface area contributed by atoms with Gasteiger partial charge in [0.15, 0.2) is 5.17 Å². The van der Waals surface area contributed by atoms with Gasteiger partial charge in [-0.15, -0.1) is 0 Å². The van der Waals surface area contributed by atoms with Crippen molar-refractivity contribution in [2.24, 2.45) is 16.6 Å². The van der Waals surface area contributed by atoms with E-state index in [1.165, 1.54) is 6.07 Å². The Labute approximate surface area is 117 Å². The molecule has 1 aromatic rings. The van der Waals surface area contributed by atoms with Gasteiger partial charge in [-0.3, -0.25) is 0 Å². The van der Waals surface area contributed by atoms with Crippen LogP contribution in [0.15, 0.2) is 27.7 Å². The number of fused-ring (bicyclic) bond motifs is 1. The maximum Gasteiger partial charge on any atom is 0.154 e. The molecule has 2 atom stereocenters. The van der Waals surface area contributed by atoms with Crippen molar-refractivity contribution < 1.29 is 9.13 Å². The van der Waals surface area contributed by atoms with Gasteiger partial charge in [-0.05, 0) is 33.6 Å². The fourth-order valence-corrected chi connectivity index (χ4v) is 3.84. The molecule has 0 spiro atoms. The lowest BCUT2D eigenvalue weighted by Gasteiger charge is -2.34. The van der Waals surface area contributed by atoms with Crippen LogP contribution in [0.25, 0.3) is 0 Å². The van der Waals surface area contributed by atoms with Crippen molar-refractivity contribution in [3.05, 3.63) is 34.1 Å². The Kier molecular flexibility index (Phi) is 3.11. The molecule has 0 aliphatic carbocycles. The molecule has 2 aliphatic heterocycles. The first-order valence-electron chi connectivity index (χ1n) is 5.63. The summed E-state index contributed by atoms with van der Waals surface area (Å²) in [7, 11) is 0. The van der Waals surface area contributed by atoms with Gasteiger partial charge in [0.05, 0.1) is 17.7 Å². The predicted octanol–water partition coefficient (Wildman–Crippen LogP) is 2.49. The van der Waals surface area contributed by atoms with E-state index in [9.17, 15) is 4.39 Å². The van der Waals surface area contributed by atoms with Crippen LogP contribution < -0.4 is 5.73 Å². The Morgan fingerprint density at radius 1 is 1.56 bits per heavy atom. The number of ether oxygens (including phenoxy) is 1. The Bertz CT molecular complexity index is 525. The number of thioether (sulfide) groups is 1. The van der Waals surface area contributed by atoms with Crippen LogP contribution in [0, 0.1) is 11.7 Å². The molecule has 96 valence electrons. The zero-order valence-electron chi connectivity index (χ0n) is 9.53. The minimum absolute atomic E-state index is 0.271. The van der Waals surface area contributed by atoms with Gasteiger partial charge in [-0.2, -0.15) is 0 Å². The fourth-order valence-electron chi connectivity index (χ4n) is 2.49. The highest BCUT2D eigenvalue weighted by molar-refractivity contribution is 9.10. The number of aliphatic imine (C=N–C) groups is 1. The second kappa shape index (κ2) is 4.51. The van der Waals surface area contributed by atoms with Crippen LogP contribution in [0.2, 0.25) is 0 Å². The zero-order chi connectivity index (χ0) is 12.8. The van der Waals surface area contributed by atoms with Crippen molar-refractivity contribution in [1.82, 2.24) is 0 Å². The lowest BCUT2D eigenvalue weighted by molar-refractivity contribution is 0.177. The number of amidine groups is 1. The van der Waals surface area contributed by atoms with Crippen molar-refractivity contribution in [3.63, 3.8) is 0 Å². The Hall–Kier alpha value is -0.590. The van der Waals surface area contributed by atoms with E-state index in [4.69, 9.17) is 10.5 Å². The van der Waals surface area contributed by atoms with Crippen molar-refractivity contribution in [2.75, 3.05) is 19.0 Å². The molecule has 0 bridgehead atoms. The number of benzene rings is 1. The highest BCUT2D eigenvalue weighted by atomic mass is 79.9. The quantitative estimate of drug-likeness (QED) is 0.860. The number of hydrogen-bond acceptors (Lipinski definition) is 4. The molecule has 3 rings (SSSR count). The third kappa shape index (κ3) is 1.87. The second-order valence-electron chi connectivity index (χ2n) is 4.53. The highest BCUT2D eigenvalue weighted by Gasteiger charge is 2.48. The summed E-state index contributed by atoms with van der Waals surface area (Å²) in [5, 5.41) is 0.581. The van der Waals surface area contributed by atoms with Crippen LogP contribution in [0.5, 0.6) is 0 Å². The molecule has 3 nitrogen and oxygen atoms in total. The smallest absolute Gasteiger partial charge is 0.154 e. The standard InChI is InChI=1S/C12H12BrFN2OS/c13-9-3-7(1-2-10(9)14)12-6-17-4-8(12)5-18-11(15)16-12/h1-3,8H,4-6H2,(H2,15,16). The average molecular weight is 331 g/mol. The minimum atomic E-state index is -0.439. The van der Waals surface area contributed by atoms with Crippen LogP contribution in [-0.4, -0.2) is 24.1 Å². The number of rotatable bonds is 1. The van der Waals surface area contributed by atoms with E-state index in [1.807, 2.05) is 0 Å². The highest BCUT2D eigenvalue weighted by Crippen LogP contribution is 2.44. The SMILES string of the molecule is NC1=NC2(c3ccc(F)c(Br)c3)COCC2CS1. The van der Waals surface area contributed by atoms with E-state index in [-0.39, 0.29) is 5.82 Å². The molecule has 18 heavy (non-hydrogen) atoms. The summed E-state index contributed by atoms with van der Waals surface area (Å²) in [6, 6.07) is 5.01. The van der Waals surface area contributed by atoms with Gasteiger partial charge in [0.2, 0.25) is 0 Å². The molecule has 0 aromatic heterocycles. The Balaban J connectivity index is 2.11. The maximum absolute atomic E-state index is 13.3. The number of hydrogen-bond donors (Lipinski definition) is 1. The summed E-state index contributed by atoms with van der Waals surface area (Å²) < 4.78 is 19.4. The van der Waals surface area contributed by atoms with E-state index in [0.717, 1.165) is 11.3 Å². The van der Waals surface area contributed by atoms with Crippen molar-refractivity contribution in [1.29, 1.82) is 0 Å². The predicted molar refractivity (Wildman–Crippen MR) is 74.2 cm³/mol. The maximum atomic E-state index is 13.3. The summed E-state index contributed by atoms with van der Waals surface area (Å²) in [4.78, 5) is 4.61. The average Bonchev–Trinajstić information content (AvgIpc) is 2.76. The van der Waals surface area contributed by atoms with E-state index in [2.05, 4.69) is 20.9 Å². The van der Waals surface area contributed by atoms with Gasteiger partial charge >= 0.3 is 0 Å². The van der Waals surface area contributed by atoms with Crippen LogP contribution >= 0.6 is 27.7 Å². The topological polar surface area (TPSA) is 47.6 Å². The fraction of sp³-hybridized carbons (Fsp3) is 0.417. The molecular weight excluding hydrogens is 319 g/mol. The molecular formula is C12H12BrFN2OS. The number of halogens is 2. The van der Waals surface area contributed by atoms with Gasteiger partial charge in [0.1, 0.15) is 11.4 Å². The van der Waals surface area contributed by atoms with Gasteiger partial charge in [0, 0.05) is 11.7 Å². The van der Waals surface area contributed by atoms with Crippen LogP contribution in [-0.2, 0) is 10.3 Å². The second-order valence-corrected chi connectivity index (χ2v) is 6.42. The molecule has 2 heterocycles. The summed E-state index contributed by atoms with van der Waals surface area (Å²) >= 11 is 4.78. The molecule has 6 heteroatoms. The Morgan fingerprint density at radius 2 is 2.39 bits per heavy atom. The molecule has 0 radical (unpaired) electrons. The molecule has 1 fully saturated rings. The van der Waals surface area contributed by atoms with Crippen molar-refractivity contribution >= 4 is 32.9 Å². The van der Waals surface area contributed by atoms with Crippen LogP contribution in [0.4, 0.5) is 4.39 Å². The number of nitrogens with zero attached hydrogens (tertiary/aromatic N) is 1. The lowest BCUT2D eigenvalue weighted by Crippen LogP contribution is -2.39. The third-order valence-corrected chi connectivity index (χ3v) is 5.04. The molecule has 1 aromatic carbocycles. The van der Waals surface area contributed by atoms with Gasteiger partial charge in [0.25, 0.3) is 0 Å². The summed E-state index contributed by atoms with van der Waals surface area (Å²) in [6.07, 6.45) is 0. The normalized spacial score (nSPS) is 31.0. The van der Waals surface area contributed by atoms with Gasteiger partial charge < -0.3 is 10.5 Å². The molecule has 0 saturated carbocycles. The first-order chi connectivity index (χ1) is 8.62. The van der Waals surface area contributed by atoms with E-state index >= 15 is 0 Å². The lowest BCUT2D eigenvalue weighted by atomic mass is 9.82. The van der Waals surface area contributed by atoms with Crippen LogP contribution in [0.1, 0.15) is 5.56 Å². The summed E-state index contributed by atoms with van der Waals surface area (Å²) in [5.41, 5.74) is 6.37. The van der Waals surface area contributed by atoms with Crippen LogP contribution in [0.3, 0.4) is 0 Å². The largest absolute Gasteiger partial charge is 0.379 e. The van der Waals surface area contributed by atoms with Gasteiger partial charge in [-0.1, -0.05) is 17.8 Å². The first-order valence-corrected chi connectivity index (χ1v) is 7.41. The van der Waals surface area contributed by atoms with Crippen molar-refractivity contribution in [3.8, 4) is 0 Å². The Morgan fingerprint density at radius 3 is 3.17 bits per heavy atom. The zero-order valence-corrected chi connectivity index (χ0v) is 11.9. The molecule has 0 amide bonds. The molecule has 2 aliphatic rings. The van der Waals surface area contributed by atoms with Crippen molar-refractivity contribution in [2.45, 2.75) is 5.54 Å². The van der Waals surface area contributed by atoms with Gasteiger partial charge in [-0.25, -0.2) is 9.38 Å². The summed E-state index contributed by atoms with van der Waals surface area (Å²) in [6.45, 7) is 1.19. The summed E-state index contributed by atoms with van der Waals surface area (Å²) in [5.74, 6) is 0.921. The van der Waals surface area contributed by atoms with E-state index < -0.39 is 5.54 Å². The number of nitrogens with two attached hydrogens (primary N) is 1. The van der Waals surface area contributed by atoms with E-state index in [1.54, 1.807) is 23.9 Å². The monoisotopic (exact) mass is 330 g/mol. The minimum Gasteiger partial charge on any atom is -0.379 e. The molecule has 2 unspecified atom stereocenters.